The van der Waals surface area contributed by atoms with E-state index in [9.17, 15) is 9.59 Å². The van der Waals surface area contributed by atoms with Crippen LogP contribution in [-0.4, -0.2) is 41.2 Å². The maximum absolute atomic E-state index is 12.3. The number of carbonyl (C=O) groups is 2. The lowest BCUT2D eigenvalue weighted by atomic mass is 10.0. The van der Waals surface area contributed by atoms with Gasteiger partial charge in [0, 0.05) is 31.1 Å². The van der Waals surface area contributed by atoms with E-state index in [1.54, 1.807) is 0 Å². The minimum Gasteiger partial charge on any atom is -0.338 e. The van der Waals surface area contributed by atoms with Gasteiger partial charge < -0.3 is 9.80 Å². The molecule has 2 fully saturated rings. The second kappa shape index (κ2) is 3.83. The molecule has 4 heteroatoms. The highest BCUT2D eigenvalue weighted by Crippen LogP contribution is 2.38. The molecule has 0 aromatic heterocycles. The highest BCUT2D eigenvalue weighted by molar-refractivity contribution is 5.99. The molecule has 0 bridgehead atoms. The molecule has 98 valence electrons. The SMILES string of the molecule is O=C(C1CC1)N1CCN2C(=O)c3ccccc3[C@H]2C1. The monoisotopic (exact) mass is 256 g/mol. The Kier molecular flexibility index (Phi) is 2.22. The van der Waals surface area contributed by atoms with Crippen LogP contribution in [-0.2, 0) is 4.79 Å². The van der Waals surface area contributed by atoms with E-state index in [1.807, 2.05) is 34.1 Å². The first-order chi connectivity index (χ1) is 9.25. The molecule has 1 aromatic carbocycles. The topological polar surface area (TPSA) is 40.6 Å². The van der Waals surface area contributed by atoms with Crippen molar-refractivity contribution in [2.75, 3.05) is 19.6 Å². The molecule has 1 saturated carbocycles. The number of rotatable bonds is 1. The maximum atomic E-state index is 12.3. The Bertz CT molecular complexity index is 565. The fourth-order valence-corrected chi connectivity index (χ4v) is 3.22. The van der Waals surface area contributed by atoms with E-state index in [2.05, 4.69) is 0 Å². The summed E-state index contributed by atoms with van der Waals surface area (Å²) in [6.45, 7) is 2.01. The Balaban J connectivity index is 1.63. The van der Waals surface area contributed by atoms with Crippen molar-refractivity contribution in [3.63, 3.8) is 0 Å². The van der Waals surface area contributed by atoms with Crippen molar-refractivity contribution in [1.82, 2.24) is 9.80 Å². The number of hydrogen-bond acceptors (Lipinski definition) is 2. The summed E-state index contributed by atoms with van der Waals surface area (Å²) in [5.41, 5.74) is 1.90. The van der Waals surface area contributed by atoms with E-state index in [1.165, 1.54) is 0 Å². The molecule has 1 saturated heterocycles. The van der Waals surface area contributed by atoms with Crippen molar-refractivity contribution in [1.29, 1.82) is 0 Å². The molecule has 3 aliphatic rings. The van der Waals surface area contributed by atoms with Gasteiger partial charge in [0.2, 0.25) is 5.91 Å². The van der Waals surface area contributed by atoms with Crippen molar-refractivity contribution in [2.45, 2.75) is 18.9 Å². The number of hydrogen-bond donors (Lipinski definition) is 0. The summed E-state index contributed by atoms with van der Waals surface area (Å²) >= 11 is 0. The fraction of sp³-hybridized carbons (Fsp3) is 0.467. The van der Waals surface area contributed by atoms with E-state index in [0.717, 1.165) is 24.0 Å². The first-order valence-electron chi connectivity index (χ1n) is 6.94. The summed E-state index contributed by atoms with van der Waals surface area (Å²) in [7, 11) is 0. The van der Waals surface area contributed by atoms with Crippen LogP contribution in [0.3, 0.4) is 0 Å². The lowest BCUT2D eigenvalue weighted by molar-refractivity contribution is -0.135. The summed E-state index contributed by atoms with van der Waals surface area (Å²) in [6, 6.07) is 7.85. The second-order valence-corrected chi connectivity index (χ2v) is 5.66. The van der Waals surface area contributed by atoms with E-state index >= 15 is 0 Å². The Labute approximate surface area is 112 Å². The van der Waals surface area contributed by atoms with E-state index in [0.29, 0.717) is 19.6 Å². The molecule has 4 nitrogen and oxygen atoms in total. The summed E-state index contributed by atoms with van der Waals surface area (Å²) in [5, 5.41) is 0. The van der Waals surface area contributed by atoms with Gasteiger partial charge in [0.05, 0.1) is 6.04 Å². The fourth-order valence-electron chi connectivity index (χ4n) is 3.22. The van der Waals surface area contributed by atoms with Crippen LogP contribution in [0.15, 0.2) is 24.3 Å². The van der Waals surface area contributed by atoms with Crippen LogP contribution in [0.2, 0.25) is 0 Å². The molecular formula is C15H16N2O2. The maximum Gasteiger partial charge on any atom is 0.254 e. The van der Waals surface area contributed by atoms with Crippen LogP contribution in [0.25, 0.3) is 0 Å². The molecule has 2 amide bonds. The van der Waals surface area contributed by atoms with Gasteiger partial charge in [-0.3, -0.25) is 9.59 Å². The van der Waals surface area contributed by atoms with Gasteiger partial charge in [-0.1, -0.05) is 18.2 Å². The zero-order chi connectivity index (χ0) is 13.0. The lowest BCUT2D eigenvalue weighted by Gasteiger charge is -2.38. The van der Waals surface area contributed by atoms with Gasteiger partial charge in [-0.25, -0.2) is 0 Å². The molecule has 2 heterocycles. The summed E-state index contributed by atoms with van der Waals surface area (Å²) < 4.78 is 0. The molecular weight excluding hydrogens is 240 g/mol. The van der Waals surface area contributed by atoms with Crippen molar-refractivity contribution >= 4 is 11.8 Å². The van der Waals surface area contributed by atoms with Crippen molar-refractivity contribution < 1.29 is 9.59 Å². The van der Waals surface area contributed by atoms with Crippen LogP contribution in [0.5, 0.6) is 0 Å². The van der Waals surface area contributed by atoms with E-state index in [-0.39, 0.29) is 23.8 Å². The van der Waals surface area contributed by atoms with Crippen molar-refractivity contribution in [2.24, 2.45) is 5.92 Å². The number of piperazine rings is 1. The molecule has 19 heavy (non-hydrogen) atoms. The van der Waals surface area contributed by atoms with Crippen molar-refractivity contribution in [3.05, 3.63) is 35.4 Å². The average Bonchev–Trinajstić information content (AvgIpc) is 3.26. The molecule has 1 atom stereocenters. The third-order valence-corrected chi connectivity index (χ3v) is 4.43. The zero-order valence-corrected chi connectivity index (χ0v) is 10.7. The molecule has 1 aromatic rings. The predicted octanol–water partition coefficient (Wildman–Crippen LogP) is 1.44. The molecule has 1 aliphatic carbocycles. The van der Waals surface area contributed by atoms with Gasteiger partial charge >= 0.3 is 0 Å². The molecule has 2 aliphatic heterocycles. The second-order valence-electron chi connectivity index (χ2n) is 5.66. The van der Waals surface area contributed by atoms with Gasteiger partial charge in [-0.15, -0.1) is 0 Å². The third-order valence-electron chi connectivity index (χ3n) is 4.43. The highest BCUT2D eigenvalue weighted by Gasteiger charge is 2.43. The predicted molar refractivity (Wildman–Crippen MR) is 69.5 cm³/mol. The molecule has 0 N–H and O–H groups in total. The average molecular weight is 256 g/mol. The van der Waals surface area contributed by atoms with Crippen LogP contribution in [0.4, 0.5) is 0 Å². The number of fused-ring (bicyclic) bond motifs is 3. The van der Waals surface area contributed by atoms with Crippen LogP contribution in [0, 0.1) is 5.92 Å². The summed E-state index contributed by atoms with van der Waals surface area (Å²) in [5.74, 6) is 0.675. The smallest absolute Gasteiger partial charge is 0.254 e. The van der Waals surface area contributed by atoms with Crippen LogP contribution in [0.1, 0.15) is 34.8 Å². The number of amides is 2. The molecule has 0 spiro atoms. The van der Waals surface area contributed by atoms with Crippen molar-refractivity contribution in [3.8, 4) is 0 Å². The quantitative estimate of drug-likeness (QED) is 0.762. The standard InChI is InChI=1S/C15H16N2O2/c18-14(10-5-6-10)16-7-8-17-13(9-16)11-3-1-2-4-12(11)15(17)19/h1-4,10,13H,5-9H2/t13-/m1/s1. The normalized spacial score (nSPS) is 25.3. The minimum absolute atomic E-state index is 0.0696. The van der Waals surface area contributed by atoms with E-state index < -0.39 is 0 Å². The molecule has 0 radical (unpaired) electrons. The minimum atomic E-state index is 0.0696. The Morgan fingerprint density at radius 3 is 2.74 bits per heavy atom. The van der Waals surface area contributed by atoms with Gasteiger partial charge in [-0.05, 0) is 24.5 Å². The largest absolute Gasteiger partial charge is 0.338 e. The highest BCUT2D eigenvalue weighted by atomic mass is 16.2. The van der Waals surface area contributed by atoms with E-state index in [4.69, 9.17) is 0 Å². The van der Waals surface area contributed by atoms with Gasteiger partial charge in [0.1, 0.15) is 0 Å². The Morgan fingerprint density at radius 2 is 1.95 bits per heavy atom. The van der Waals surface area contributed by atoms with Gasteiger partial charge in [0.15, 0.2) is 0 Å². The van der Waals surface area contributed by atoms with Crippen LogP contribution < -0.4 is 0 Å². The zero-order valence-electron chi connectivity index (χ0n) is 10.7. The van der Waals surface area contributed by atoms with Crippen LogP contribution >= 0.6 is 0 Å². The number of carbonyl (C=O) groups excluding carboxylic acids is 2. The van der Waals surface area contributed by atoms with Gasteiger partial charge in [-0.2, -0.15) is 0 Å². The third kappa shape index (κ3) is 1.59. The summed E-state index contributed by atoms with van der Waals surface area (Å²) in [4.78, 5) is 28.3. The number of benzene rings is 1. The van der Waals surface area contributed by atoms with Gasteiger partial charge in [0.25, 0.3) is 5.91 Å². The Hall–Kier alpha value is -1.84. The summed E-state index contributed by atoms with van der Waals surface area (Å²) in [6.07, 6.45) is 2.08. The first-order valence-corrected chi connectivity index (χ1v) is 6.94. The first kappa shape index (κ1) is 11.0. The number of nitrogens with zero attached hydrogens (tertiary/aromatic N) is 2. The molecule has 0 unspecified atom stereocenters. The Morgan fingerprint density at radius 1 is 1.16 bits per heavy atom. The lowest BCUT2D eigenvalue weighted by Crippen LogP contribution is -2.50. The molecule has 4 rings (SSSR count).